The van der Waals surface area contributed by atoms with Crippen molar-refractivity contribution >= 4 is 5.82 Å². The van der Waals surface area contributed by atoms with Gasteiger partial charge in [0.15, 0.2) is 0 Å². The van der Waals surface area contributed by atoms with Crippen LogP contribution in [0.15, 0.2) is 18.3 Å². The third-order valence-electron chi connectivity index (χ3n) is 3.82. The van der Waals surface area contributed by atoms with Crippen molar-refractivity contribution in [3.63, 3.8) is 0 Å². The van der Waals surface area contributed by atoms with Gasteiger partial charge in [-0.05, 0) is 37.8 Å². The molecular weight excluding hydrogens is 253 g/mol. The van der Waals surface area contributed by atoms with Gasteiger partial charge in [0.2, 0.25) is 0 Å². The Morgan fingerprint density at radius 2 is 1.95 bits per heavy atom. The second kappa shape index (κ2) is 5.02. The van der Waals surface area contributed by atoms with E-state index in [0.717, 1.165) is 25.1 Å². The highest BCUT2D eigenvalue weighted by Gasteiger charge is 2.35. The van der Waals surface area contributed by atoms with Crippen molar-refractivity contribution in [2.24, 2.45) is 5.92 Å². The number of hydrogen-bond donors (Lipinski definition) is 0. The summed E-state index contributed by atoms with van der Waals surface area (Å²) in [5, 5.41) is 0. The third-order valence-corrected chi connectivity index (χ3v) is 3.82. The van der Waals surface area contributed by atoms with Gasteiger partial charge in [-0.2, -0.15) is 13.2 Å². The summed E-state index contributed by atoms with van der Waals surface area (Å²) < 4.78 is 37.6. The van der Waals surface area contributed by atoms with Crippen LogP contribution in [0.2, 0.25) is 0 Å². The predicted octanol–water partition coefficient (Wildman–Crippen LogP) is 4.11. The molecule has 1 saturated heterocycles. The highest BCUT2D eigenvalue weighted by atomic mass is 19.4. The lowest BCUT2D eigenvalue weighted by molar-refractivity contribution is -0.137. The van der Waals surface area contributed by atoms with E-state index in [1.165, 1.54) is 6.07 Å². The summed E-state index contributed by atoms with van der Waals surface area (Å²) in [6.45, 7) is 6.38. The molecule has 1 aromatic heterocycles. The van der Waals surface area contributed by atoms with E-state index in [1.54, 1.807) is 0 Å². The Hall–Kier alpha value is -1.26. The Kier molecular flexibility index (Phi) is 3.74. The first-order valence-electron chi connectivity index (χ1n) is 6.62. The molecule has 1 aliphatic rings. The smallest absolute Gasteiger partial charge is 0.351 e. The van der Waals surface area contributed by atoms with Crippen LogP contribution in [0.4, 0.5) is 19.0 Å². The Bertz CT molecular complexity index is 425. The van der Waals surface area contributed by atoms with Gasteiger partial charge >= 0.3 is 6.18 Å². The lowest BCUT2D eigenvalue weighted by Gasteiger charge is -2.32. The van der Waals surface area contributed by atoms with E-state index in [2.05, 4.69) is 30.7 Å². The normalized spacial score (nSPS) is 24.3. The number of rotatable bonds is 2. The number of alkyl halides is 3. The molecule has 0 aliphatic carbocycles. The Morgan fingerprint density at radius 1 is 1.26 bits per heavy atom. The van der Waals surface area contributed by atoms with Gasteiger partial charge in [0.1, 0.15) is 5.82 Å². The maximum Gasteiger partial charge on any atom is 0.417 e. The molecule has 1 fully saturated rings. The van der Waals surface area contributed by atoms with E-state index < -0.39 is 11.7 Å². The Morgan fingerprint density at radius 3 is 2.42 bits per heavy atom. The number of nitrogens with zero attached hydrogens (tertiary/aromatic N) is 2. The molecule has 2 atom stereocenters. The van der Waals surface area contributed by atoms with Crippen LogP contribution >= 0.6 is 0 Å². The van der Waals surface area contributed by atoms with Crippen molar-refractivity contribution in [2.75, 3.05) is 4.90 Å². The maximum absolute atomic E-state index is 12.5. The summed E-state index contributed by atoms with van der Waals surface area (Å²) in [5.74, 6) is 1.12. The minimum atomic E-state index is -4.32. The quantitative estimate of drug-likeness (QED) is 0.805. The molecule has 0 N–H and O–H groups in total. The summed E-state index contributed by atoms with van der Waals surface area (Å²) in [6, 6.07) is 3.29. The molecule has 0 bridgehead atoms. The van der Waals surface area contributed by atoms with Gasteiger partial charge in [-0.15, -0.1) is 0 Å². The monoisotopic (exact) mass is 272 g/mol. The molecule has 106 valence electrons. The first-order chi connectivity index (χ1) is 8.80. The third kappa shape index (κ3) is 2.85. The number of halogens is 3. The lowest BCUT2D eigenvalue weighted by atomic mass is 10.0. The molecule has 5 heteroatoms. The van der Waals surface area contributed by atoms with Crippen molar-refractivity contribution < 1.29 is 13.2 Å². The second-order valence-corrected chi connectivity index (χ2v) is 5.55. The molecule has 0 radical (unpaired) electrons. The molecule has 1 aliphatic heterocycles. The number of hydrogen-bond acceptors (Lipinski definition) is 2. The fourth-order valence-corrected chi connectivity index (χ4v) is 2.77. The van der Waals surface area contributed by atoms with E-state index in [0.29, 0.717) is 23.8 Å². The molecular formula is C14H19F3N2. The predicted molar refractivity (Wildman–Crippen MR) is 69.0 cm³/mol. The number of pyridine rings is 1. The molecule has 0 aromatic carbocycles. The van der Waals surface area contributed by atoms with Gasteiger partial charge in [0, 0.05) is 18.3 Å². The van der Waals surface area contributed by atoms with Crippen molar-refractivity contribution in [1.82, 2.24) is 4.98 Å². The SMILES string of the molecule is CC(C)C1CCC(C)N1c1ccc(C(F)(F)F)cn1. The Balaban J connectivity index is 2.26. The minimum absolute atomic E-state index is 0.330. The van der Waals surface area contributed by atoms with E-state index in [-0.39, 0.29) is 0 Å². The molecule has 0 saturated carbocycles. The molecule has 0 spiro atoms. The van der Waals surface area contributed by atoms with E-state index >= 15 is 0 Å². The molecule has 2 rings (SSSR count). The van der Waals surface area contributed by atoms with Crippen LogP contribution in [0.5, 0.6) is 0 Å². The van der Waals surface area contributed by atoms with Crippen LogP contribution in [0.1, 0.15) is 39.2 Å². The summed E-state index contributed by atoms with van der Waals surface area (Å²) in [4.78, 5) is 6.17. The average molecular weight is 272 g/mol. The van der Waals surface area contributed by atoms with E-state index in [1.807, 2.05) is 0 Å². The largest absolute Gasteiger partial charge is 0.417 e. The van der Waals surface area contributed by atoms with Crippen LogP contribution in [-0.4, -0.2) is 17.1 Å². The van der Waals surface area contributed by atoms with Gasteiger partial charge in [-0.1, -0.05) is 13.8 Å². The van der Waals surface area contributed by atoms with Crippen LogP contribution in [0.25, 0.3) is 0 Å². The van der Waals surface area contributed by atoms with Crippen molar-refractivity contribution in [2.45, 2.75) is 51.9 Å². The molecule has 2 unspecified atom stereocenters. The fourth-order valence-electron chi connectivity index (χ4n) is 2.77. The van der Waals surface area contributed by atoms with E-state index in [9.17, 15) is 13.2 Å². The van der Waals surface area contributed by atoms with Crippen LogP contribution in [0, 0.1) is 5.92 Å². The summed E-state index contributed by atoms with van der Waals surface area (Å²) in [5.41, 5.74) is -0.691. The molecule has 19 heavy (non-hydrogen) atoms. The molecule has 0 amide bonds. The van der Waals surface area contributed by atoms with E-state index in [4.69, 9.17) is 0 Å². The van der Waals surface area contributed by atoms with Crippen LogP contribution < -0.4 is 4.90 Å². The van der Waals surface area contributed by atoms with Gasteiger partial charge in [0.05, 0.1) is 5.56 Å². The highest BCUT2D eigenvalue weighted by molar-refractivity contribution is 5.43. The molecule has 2 nitrogen and oxygen atoms in total. The number of aromatic nitrogens is 1. The second-order valence-electron chi connectivity index (χ2n) is 5.55. The molecule has 2 heterocycles. The zero-order chi connectivity index (χ0) is 14.2. The van der Waals surface area contributed by atoms with Crippen molar-refractivity contribution in [3.8, 4) is 0 Å². The summed E-state index contributed by atoms with van der Waals surface area (Å²) in [6.07, 6.45) is -1.26. The minimum Gasteiger partial charge on any atom is -0.351 e. The first kappa shape index (κ1) is 14.2. The van der Waals surface area contributed by atoms with Crippen LogP contribution in [0.3, 0.4) is 0 Å². The van der Waals surface area contributed by atoms with Gasteiger partial charge < -0.3 is 4.90 Å². The number of anilines is 1. The highest BCUT2D eigenvalue weighted by Crippen LogP contribution is 2.34. The summed E-state index contributed by atoms with van der Waals surface area (Å²) >= 11 is 0. The van der Waals surface area contributed by atoms with Crippen LogP contribution in [-0.2, 0) is 6.18 Å². The topological polar surface area (TPSA) is 16.1 Å². The zero-order valence-corrected chi connectivity index (χ0v) is 11.4. The van der Waals surface area contributed by atoms with Gasteiger partial charge in [0.25, 0.3) is 0 Å². The maximum atomic E-state index is 12.5. The van der Waals surface area contributed by atoms with Crippen molar-refractivity contribution in [1.29, 1.82) is 0 Å². The van der Waals surface area contributed by atoms with Gasteiger partial charge in [-0.3, -0.25) is 0 Å². The fraction of sp³-hybridized carbons (Fsp3) is 0.643. The average Bonchev–Trinajstić information content (AvgIpc) is 2.70. The Labute approximate surface area is 111 Å². The van der Waals surface area contributed by atoms with Crippen molar-refractivity contribution in [3.05, 3.63) is 23.9 Å². The standard InChI is InChI=1S/C14H19F3N2/c1-9(2)12-6-4-10(3)19(12)13-7-5-11(8-18-13)14(15,16)17/h5,7-10,12H,4,6H2,1-3H3. The zero-order valence-electron chi connectivity index (χ0n) is 11.4. The first-order valence-corrected chi connectivity index (χ1v) is 6.62. The summed E-state index contributed by atoms with van der Waals surface area (Å²) in [7, 11) is 0. The lowest BCUT2D eigenvalue weighted by Crippen LogP contribution is -2.38. The molecule has 1 aromatic rings. The van der Waals surface area contributed by atoms with Gasteiger partial charge in [-0.25, -0.2) is 4.98 Å².